The van der Waals surface area contributed by atoms with Gasteiger partial charge < -0.3 is 4.90 Å². The number of hydrazine groups is 1. The molecular weight excluding hydrogens is 374 g/mol. The molecular formula is C24H30N5O+. The van der Waals surface area contributed by atoms with Crippen molar-refractivity contribution in [3.63, 3.8) is 0 Å². The molecule has 0 atom stereocenters. The Bertz CT molecular complexity index is 999. The number of hydrogen-bond donors (Lipinski definition) is 2. The maximum absolute atomic E-state index is 13.2. The van der Waals surface area contributed by atoms with E-state index in [1.54, 1.807) is 0 Å². The van der Waals surface area contributed by atoms with Crippen LogP contribution in [0.5, 0.6) is 0 Å². The minimum absolute atomic E-state index is 0.0970. The van der Waals surface area contributed by atoms with E-state index in [-0.39, 0.29) is 5.91 Å². The first-order valence-corrected chi connectivity index (χ1v) is 10.6. The summed E-state index contributed by atoms with van der Waals surface area (Å²) in [5, 5.41) is 6.81. The Hall–Kier alpha value is -2.96. The number of carbonyl (C=O) groups is 1. The summed E-state index contributed by atoms with van der Waals surface area (Å²) >= 11 is 0. The molecule has 1 amide bonds. The Labute approximate surface area is 178 Å². The summed E-state index contributed by atoms with van der Waals surface area (Å²) in [7, 11) is 2.18. The number of quaternary nitrogens is 1. The number of carbonyl (C=O) groups excluding carboxylic acids is 1. The van der Waals surface area contributed by atoms with Gasteiger partial charge in [-0.3, -0.25) is 14.9 Å². The Morgan fingerprint density at radius 1 is 1.00 bits per heavy atom. The van der Waals surface area contributed by atoms with E-state index >= 15 is 0 Å². The molecule has 0 unspecified atom stereocenters. The summed E-state index contributed by atoms with van der Waals surface area (Å²) in [6.45, 7) is 8.53. The number of benzene rings is 2. The van der Waals surface area contributed by atoms with E-state index in [4.69, 9.17) is 5.10 Å². The highest BCUT2D eigenvalue weighted by Gasteiger charge is 2.23. The van der Waals surface area contributed by atoms with Gasteiger partial charge in [-0.05, 0) is 19.4 Å². The number of rotatable bonds is 5. The normalized spacial score (nSPS) is 15.3. The fourth-order valence-corrected chi connectivity index (χ4v) is 3.68. The van der Waals surface area contributed by atoms with Crippen molar-refractivity contribution in [3.8, 4) is 11.3 Å². The fraction of sp³-hybridized carbons (Fsp3) is 0.333. The van der Waals surface area contributed by atoms with Crippen molar-refractivity contribution in [3.05, 3.63) is 77.0 Å². The topological polar surface area (TPSA) is 54.6 Å². The van der Waals surface area contributed by atoms with Crippen molar-refractivity contribution < 1.29 is 9.69 Å². The van der Waals surface area contributed by atoms with Crippen LogP contribution in [0.15, 0.2) is 54.7 Å². The number of hydrogen-bond acceptors (Lipinski definition) is 3. The minimum atomic E-state index is -0.0970. The van der Waals surface area contributed by atoms with Gasteiger partial charge in [0.05, 0.1) is 45.3 Å². The molecule has 1 saturated heterocycles. The summed E-state index contributed by atoms with van der Waals surface area (Å²) in [6.07, 6.45) is 1.87. The van der Waals surface area contributed by atoms with Crippen LogP contribution in [0.3, 0.4) is 0 Å². The van der Waals surface area contributed by atoms with Gasteiger partial charge in [-0.15, -0.1) is 0 Å². The van der Waals surface area contributed by atoms with Crippen LogP contribution in [0.2, 0.25) is 0 Å². The van der Waals surface area contributed by atoms with Crippen LogP contribution < -0.4 is 10.3 Å². The number of amides is 1. The van der Waals surface area contributed by atoms with E-state index in [1.165, 1.54) is 16.0 Å². The summed E-state index contributed by atoms with van der Waals surface area (Å²) in [5.41, 5.74) is 8.95. The van der Waals surface area contributed by atoms with Gasteiger partial charge in [0, 0.05) is 11.8 Å². The number of piperazine rings is 1. The summed E-state index contributed by atoms with van der Waals surface area (Å²) in [4.78, 5) is 14.6. The third-order valence-corrected chi connectivity index (χ3v) is 5.67. The number of aryl methyl sites for hydroxylation is 2. The van der Waals surface area contributed by atoms with Crippen LogP contribution in [0.4, 0.5) is 0 Å². The molecule has 4 rings (SSSR count). The Morgan fingerprint density at radius 2 is 1.60 bits per heavy atom. The fourth-order valence-electron chi connectivity index (χ4n) is 3.68. The first-order chi connectivity index (χ1) is 14.5. The molecule has 6 nitrogen and oxygen atoms in total. The first-order valence-electron chi connectivity index (χ1n) is 10.6. The monoisotopic (exact) mass is 404 g/mol. The molecule has 1 fully saturated rings. The van der Waals surface area contributed by atoms with E-state index in [0.29, 0.717) is 12.1 Å². The zero-order valence-corrected chi connectivity index (χ0v) is 18.0. The number of nitrogens with zero attached hydrogens (tertiary/aromatic N) is 3. The van der Waals surface area contributed by atoms with Gasteiger partial charge in [0.15, 0.2) is 0 Å². The van der Waals surface area contributed by atoms with Crippen molar-refractivity contribution in [2.24, 2.45) is 0 Å². The molecule has 1 aliphatic heterocycles. The van der Waals surface area contributed by atoms with Gasteiger partial charge in [0.2, 0.25) is 0 Å². The number of likely N-dealkylation sites (N-methyl/N-ethyl adjacent to an activating group) is 1. The molecule has 0 saturated carbocycles. The average Bonchev–Trinajstić information content (AvgIpc) is 3.16. The number of nitrogens with one attached hydrogen (secondary N) is 2. The molecule has 30 heavy (non-hydrogen) atoms. The maximum atomic E-state index is 13.2. The average molecular weight is 405 g/mol. The Balaban J connectivity index is 1.61. The molecule has 0 bridgehead atoms. The number of aromatic nitrogens is 2. The van der Waals surface area contributed by atoms with Crippen LogP contribution in [0, 0.1) is 13.8 Å². The van der Waals surface area contributed by atoms with E-state index in [9.17, 15) is 4.79 Å². The van der Waals surface area contributed by atoms with E-state index < -0.39 is 0 Å². The standard InChI is InChI=1S/C24H29N5O/c1-18-4-8-20(9-5-18)16-29-17-22(23(25-29)21-10-6-19(2)7-11-21)24(30)26-28-14-12-27(3)13-15-28/h4-11,17H,12-16H2,1-3H3,(H,26,30)/p+1. The smallest absolute Gasteiger partial charge is 0.269 e. The zero-order valence-electron chi connectivity index (χ0n) is 18.0. The zero-order chi connectivity index (χ0) is 21.1. The second-order valence-corrected chi connectivity index (χ2v) is 8.33. The summed E-state index contributed by atoms with van der Waals surface area (Å²) < 4.78 is 1.86. The van der Waals surface area contributed by atoms with Crippen LogP contribution in [0.25, 0.3) is 11.3 Å². The lowest BCUT2D eigenvalue weighted by Crippen LogP contribution is -3.12. The lowest BCUT2D eigenvalue weighted by atomic mass is 10.1. The Kier molecular flexibility index (Phi) is 5.97. The van der Waals surface area contributed by atoms with Crippen LogP contribution in [-0.2, 0) is 6.54 Å². The predicted molar refractivity (Wildman–Crippen MR) is 118 cm³/mol. The Morgan fingerprint density at radius 3 is 2.23 bits per heavy atom. The molecule has 2 aromatic carbocycles. The van der Waals surface area contributed by atoms with E-state index in [2.05, 4.69) is 62.7 Å². The van der Waals surface area contributed by atoms with Crippen molar-refractivity contribution in [1.29, 1.82) is 0 Å². The van der Waals surface area contributed by atoms with Gasteiger partial charge >= 0.3 is 0 Å². The van der Waals surface area contributed by atoms with Gasteiger partial charge in [-0.1, -0.05) is 59.7 Å². The minimum Gasteiger partial charge on any atom is -0.335 e. The molecule has 3 aromatic rings. The van der Waals surface area contributed by atoms with Crippen LogP contribution in [-0.4, -0.2) is 53.9 Å². The first kappa shape index (κ1) is 20.3. The van der Waals surface area contributed by atoms with Crippen LogP contribution >= 0.6 is 0 Å². The summed E-state index contributed by atoms with van der Waals surface area (Å²) in [6, 6.07) is 16.6. The second-order valence-electron chi connectivity index (χ2n) is 8.33. The van der Waals surface area contributed by atoms with Crippen molar-refractivity contribution in [2.75, 3.05) is 33.2 Å². The van der Waals surface area contributed by atoms with Gasteiger partial charge in [0.1, 0.15) is 5.69 Å². The van der Waals surface area contributed by atoms with E-state index in [0.717, 1.165) is 43.0 Å². The highest BCUT2D eigenvalue weighted by molar-refractivity contribution is 5.99. The lowest BCUT2D eigenvalue weighted by Gasteiger charge is -2.30. The van der Waals surface area contributed by atoms with Gasteiger partial charge in [0.25, 0.3) is 5.91 Å². The molecule has 156 valence electrons. The lowest BCUT2D eigenvalue weighted by molar-refractivity contribution is -0.884. The SMILES string of the molecule is Cc1ccc(Cn2cc(C(=O)NN3CC[NH+](C)CC3)c(-c3ccc(C)cc3)n2)cc1. The molecule has 1 aromatic heterocycles. The van der Waals surface area contributed by atoms with Gasteiger partial charge in [-0.2, -0.15) is 5.10 Å². The van der Waals surface area contributed by atoms with E-state index in [1.807, 2.05) is 28.0 Å². The molecule has 0 spiro atoms. The molecule has 0 aliphatic carbocycles. The highest BCUT2D eigenvalue weighted by Crippen LogP contribution is 2.23. The third-order valence-electron chi connectivity index (χ3n) is 5.67. The van der Waals surface area contributed by atoms with Crippen molar-refractivity contribution in [1.82, 2.24) is 20.2 Å². The summed E-state index contributed by atoms with van der Waals surface area (Å²) in [5.74, 6) is -0.0970. The largest absolute Gasteiger partial charge is 0.335 e. The molecule has 2 heterocycles. The highest BCUT2D eigenvalue weighted by atomic mass is 16.2. The molecule has 2 N–H and O–H groups in total. The predicted octanol–water partition coefficient (Wildman–Crippen LogP) is 1.69. The molecule has 0 radical (unpaired) electrons. The van der Waals surface area contributed by atoms with Crippen molar-refractivity contribution >= 4 is 5.91 Å². The quantitative estimate of drug-likeness (QED) is 0.681. The maximum Gasteiger partial charge on any atom is 0.269 e. The van der Waals surface area contributed by atoms with Crippen LogP contribution in [0.1, 0.15) is 27.0 Å². The van der Waals surface area contributed by atoms with Crippen molar-refractivity contribution in [2.45, 2.75) is 20.4 Å². The molecule has 6 heteroatoms. The van der Waals surface area contributed by atoms with Gasteiger partial charge in [-0.25, -0.2) is 5.01 Å². The molecule has 1 aliphatic rings. The third kappa shape index (κ3) is 4.78. The second kappa shape index (κ2) is 8.81.